The zero-order valence-corrected chi connectivity index (χ0v) is 10.1. The molecule has 1 aromatic carbocycles. The van der Waals surface area contributed by atoms with Gasteiger partial charge in [-0.05, 0) is 31.0 Å². The second kappa shape index (κ2) is 3.98. The van der Waals surface area contributed by atoms with Crippen molar-refractivity contribution in [2.75, 3.05) is 18.0 Å². The third-order valence-corrected chi connectivity index (χ3v) is 4.33. The van der Waals surface area contributed by atoms with Crippen molar-refractivity contribution in [2.45, 2.75) is 32.2 Å². The lowest BCUT2D eigenvalue weighted by Gasteiger charge is -2.50. The molecule has 0 amide bonds. The molecular formula is C14H19FN2. The van der Waals surface area contributed by atoms with Crippen LogP contribution in [0.4, 0.5) is 10.1 Å². The number of benzene rings is 1. The van der Waals surface area contributed by atoms with E-state index in [1.807, 2.05) is 12.1 Å². The maximum Gasteiger partial charge on any atom is 0.127 e. The standard InChI is InChI=1S/C14H19FN2/c15-13-4-3-12(7-11(13)8-16)17-9-14(10-17)5-1-2-6-14/h3-4,7H,1-2,5-6,8-10,16H2. The van der Waals surface area contributed by atoms with Crippen molar-refractivity contribution in [3.63, 3.8) is 0 Å². The second-order valence-electron chi connectivity index (χ2n) is 5.54. The van der Waals surface area contributed by atoms with Crippen LogP contribution >= 0.6 is 0 Å². The van der Waals surface area contributed by atoms with Crippen LogP contribution in [0.3, 0.4) is 0 Å². The Kier molecular flexibility index (Phi) is 2.58. The first-order chi connectivity index (χ1) is 8.22. The van der Waals surface area contributed by atoms with Crippen LogP contribution in [0.5, 0.6) is 0 Å². The summed E-state index contributed by atoms with van der Waals surface area (Å²) in [5.74, 6) is -0.188. The fourth-order valence-electron chi connectivity index (χ4n) is 3.30. The summed E-state index contributed by atoms with van der Waals surface area (Å²) in [6, 6.07) is 5.31. The lowest BCUT2D eigenvalue weighted by atomic mass is 9.78. The molecule has 0 aromatic heterocycles. The summed E-state index contributed by atoms with van der Waals surface area (Å²) >= 11 is 0. The molecule has 0 radical (unpaired) electrons. The quantitative estimate of drug-likeness (QED) is 0.852. The molecule has 3 rings (SSSR count). The minimum Gasteiger partial charge on any atom is -0.370 e. The summed E-state index contributed by atoms with van der Waals surface area (Å²) in [4.78, 5) is 2.35. The molecule has 1 saturated heterocycles. The molecule has 3 heteroatoms. The van der Waals surface area contributed by atoms with Gasteiger partial charge >= 0.3 is 0 Å². The first kappa shape index (κ1) is 11.0. The summed E-state index contributed by atoms with van der Waals surface area (Å²) in [5, 5.41) is 0. The molecule has 1 saturated carbocycles. The average Bonchev–Trinajstić information content (AvgIpc) is 2.77. The molecule has 0 bridgehead atoms. The van der Waals surface area contributed by atoms with E-state index in [-0.39, 0.29) is 12.4 Å². The van der Waals surface area contributed by atoms with E-state index in [2.05, 4.69) is 4.90 Å². The number of nitrogens with zero attached hydrogens (tertiary/aromatic N) is 1. The first-order valence-electron chi connectivity index (χ1n) is 6.46. The minimum absolute atomic E-state index is 0.188. The number of hydrogen-bond acceptors (Lipinski definition) is 2. The molecule has 0 atom stereocenters. The summed E-state index contributed by atoms with van der Waals surface area (Å²) in [6.45, 7) is 2.56. The molecule has 1 aliphatic heterocycles. The van der Waals surface area contributed by atoms with E-state index in [9.17, 15) is 4.39 Å². The van der Waals surface area contributed by atoms with Crippen LogP contribution in [0.25, 0.3) is 0 Å². The third-order valence-electron chi connectivity index (χ3n) is 4.33. The molecule has 2 aliphatic rings. The molecular weight excluding hydrogens is 215 g/mol. The van der Waals surface area contributed by atoms with Crippen molar-refractivity contribution >= 4 is 5.69 Å². The van der Waals surface area contributed by atoms with Gasteiger partial charge in [-0.3, -0.25) is 0 Å². The van der Waals surface area contributed by atoms with Crippen LogP contribution in [0.2, 0.25) is 0 Å². The lowest BCUT2D eigenvalue weighted by molar-refractivity contribution is 0.222. The van der Waals surface area contributed by atoms with Gasteiger partial charge in [0.2, 0.25) is 0 Å². The lowest BCUT2D eigenvalue weighted by Crippen LogP contribution is -2.55. The second-order valence-corrected chi connectivity index (χ2v) is 5.54. The smallest absolute Gasteiger partial charge is 0.127 e. The highest BCUT2D eigenvalue weighted by atomic mass is 19.1. The first-order valence-corrected chi connectivity index (χ1v) is 6.46. The Morgan fingerprint density at radius 3 is 2.59 bits per heavy atom. The predicted molar refractivity (Wildman–Crippen MR) is 67.4 cm³/mol. The summed E-state index contributed by atoms with van der Waals surface area (Å²) in [6.07, 6.45) is 5.50. The Morgan fingerprint density at radius 1 is 1.24 bits per heavy atom. The summed E-state index contributed by atoms with van der Waals surface area (Å²) in [5.41, 5.74) is 7.87. The molecule has 17 heavy (non-hydrogen) atoms. The van der Waals surface area contributed by atoms with Crippen molar-refractivity contribution in [1.82, 2.24) is 0 Å². The Balaban J connectivity index is 1.74. The Labute approximate surface area is 102 Å². The highest BCUT2D eigenvalue weighted by Gasteiger charge is 2.44. The number of rotatable bonds is 2. The molecule has 0 unspecified atom stereocenters. The van der Waals surface area contributed by atoms with Gasteiger partial charge in [0, 0.05) is 36.3 Å². The fourth-order valence-corrected chi connectivity index (χ4v) is 3.30. The van der Waals surface area contributed by atoms with Crippen LogP contribution in [-0.4, -0.2) is 13.1 Å². The largest absolute Gasteiger partial charge is 0.370 e. The van der Waals surface area contributed by atoms with Gasteiger partial charge in [0.05, 0.1) is 0 Å². The molecule has 1 aromatic rings. The van der Waals surface area contributed by atoms with E-state index in [1.165, 1.54) is 31.7 Å². The number of anilines is 1. The van der Waals surface area contributed by atoms with Crippen LogP contribution < -0.4 is 10.6 Å². The van der Waals surface area contributed by atoms with Crippen molar-refractivity contribution < 1.29 is 4.39 Å². The molecule has 1 spiro atoms. The van der Waals surface area contributed by atoms with E-state index >= 15 is 0 Å². The molecule has 2 N–H and O–H groups in total. The van der Waals surface area contributed by atoms with Gasteiger partial charge in [-0.25, -0.2) is 4.39 Å². The van der Waals surface area contributed by atoms with Gasteiger partial charge in [-0.1, -0.05) is 12.8 Å². The highest BCUT2D eigenvalue weighted by Crippen LogP contribution is 2.46. The maximum atomic E-state index is 13.4. The van der Waals surface area contributed by atoms with Crippen molar-refractivity contribution in [1.29, 1.82) is 0 Å². The number of nitrogens with two attached hydrogens (primary N) is 1. The van der Waals surface area contributed by atoms with Crippen molar-refractivity contribution in [3.8, 4) is 0 Å². The van der Waals surface area contributed by atoms with Crippen LogP contribution in [0.15, 0.2) is 18.2 Å². The van der Waals surface area contributed by atoms with E-state index in [0.29, 0.717) is 11.0 Å². The van der Waals surface area contributed by atoms with Gasteiger partial charge in [-0.2, -0.15) is 0 Å². The minimum atomic E-state index is -0.188. The Morgan fingerprint density at radius 2 is 1.94 bits per heavy atom. The topological polar surface area (TPSA) is 29.3 Å². The molecule has 92 valence electrons. The van der Waals surface area contributed by atoms with Gasteiger partial charge < -0.3 is 10.6 Å². The van der Waals surface area contributed by atoms with E-state index in [1.54, 1.807) is 0 Å². The monoisotopic (exact) mass is 234 g/mol. The average molecular weight is 234 g/mol. The van der Waals surface area contributed by atoms with Crippen LogP contribution in [0, 0.1) is 11.2 Å². The third kappa shape index (κ3) is 1.82. The van der Waals surface area contributed by atoms with Crippen LogP contribution in [0.1, 0.15) is 31.2 Å². The zero-order valence-electron chi connectivity index (χ0n) is 10.1. The molecule has 1 aliphatic carbocycles. The number of halogens is 1. The highest BCUT2D eigenvalue weighted by molar-refractivity contribution is 5.52. The Hall–Kier alpha value is -1.09. The molecule has 2 nitrogen and oxygen atoms in total. The summed E-state index contributed by atoms with van der Waals surface area (Å²) < 4.78 is 13.4. The van der Waals surface area contributed by atoms with E-state index < -0.39 is 0 Å². The molecule has 2 fully saturated rings. The SMILES string of the molecule is NCc1cc(N2CC3(CCCC3)C2)ccc1F. The van der Waals surface area contributed by atoms with Gasteiger partial charge in [0.15, 0.2) is 0 Å². The van der Waals surface area contributed by atoms with Crippen molar-refractivity contribution in [2.24, 2.45) is 11.1 Å². The van der Waals surface area contributed by atoms with E-state index in [4.69, 9.17) is 5.73 Å². The van der Waals surface area contributed by atoms with Gasteiger partial charge in [-0.15, -0.1) is 0 Å². The summed E-state index contributed by atoms with van der Waals surface area (Å²) in [7, 11) is 0. The zero-order chi connectivity index (χ0) is 11.9. The normalized spacial score (nSPS) is 21.9. The van der Waals surface area contributed by atoms with Crippen LogP contribution in [-0.2, 0) is 6.54 Å². The maximum absolute atomic E-state index is 13.4. The fraction of sp³-hybridized carbons (Fsp3) is 0.571. The predicted octanol–water partition coefficient (Wildman–Crippen LogP) is 2.66. The van der Waals surface area contributed by atoms with Gasteiger partial charge in [0.1, 0.15) is 5.82 Å². The van der Waals surface area contributed by atoms with Gasteiger partial charge in [0.25, 0.3) is 0 Å². The number of hydrogen-bond donors (Lipinski definition) is 1. The van der Waals surface area contributed by atoms with Crippen molar-refractivity contribution in [3.05, 3.63) is 29.6 Å². The Bertz CT molecular complexity index is 416. The van der Waals surface area contributed by atoms with E-state index in [0.717, 1.165) is 18.8 Å². The molecule has 1 heterocycles.